The maximum absolute atomic E-state index is 6.39. The first-order valence-corrected chi connectivity index (χ1v) is 11.4. The quantitative estimate of drug-likeness (QED) is 0.407. The molecule has 0 N–H and O–H groups in total. The third-order valence-electron chi connectivity index (χ3n) is 5.73. The second-order valence-electron chi connectivity index (χ2n) is 8.17. The third kappa shape index (κ3) is 7.22. The van der Waals surface area contributed by atoms with Gasteiger partial charge in [0.2, 0.25) is 0 Å². The average Bonchev–Trinajstić information content (AvgIpc) is 2.88. The van der Waals surface area contributed by atoms with Crippen molar-refractivity contribution in [2.75, 3.05) is 13.7 Å². The monoisotopic (exact) mass is 448 g/mol. The molecule has 33 heavy (non-hydrogen) atoms. The summed E-state index contributed by atoms with van der Waals surface area (Å²) in [7, 11) is 1.66. The molecule has 1 fully saturated rings. The van der Waals surface area contributed by atoms with Crippen molar-refractivity contribution in [2.24, 2.45) is 0 Å². The van der Waals surface area contributed by atoms with E-state index in [1.54, 1.807) is 7.11 Å². The van der Waals surface area contributed by atoms with Gasteiger partial charge in [0.25, 0.3) is 0 Å². The first-order chi connectivity index (χ1) is 16.3. The van der Waals surface area contributed by atoms with E-state index in [2.05, 4.69) is 36.4 Å². The van der Waals surface area contributed by atoms with Crippen LogP contribution in [-0.4, -0.2) is 38.3 Å². The molecular weight excluding hydrogens is 416 g/mol. The second-order valence-corrected chi connectivity index (χ2v) is 8.17. The lowest BCUT2D eigenvalue weighted by Gasteiger charge is -2.41. The van der Waals surface area contributed by atoms with Crippen LogP contribution in [0.4, 0.5) is 0 Å². The highest BCUT2D eigenvalue weighted by atomic mass is 16.7. The Morgan fingerprint density at radius 1 is 0.697 bits per heavy atom. The molecule has 5 heteroatoms. The van der Waals surface area contributed by atoms with Crippen molar-refractivity contribution in [3.63, 3.8) is 0 Å². The van der Waals surface area contributed by atoms with Crippen LogP contribution >= 0.6 is 0 Å². The van der Waals surface area contributed by atoms with Crippen molar-refractivity contribution in [2.45, 2.75) is 50.8 Å². The van der Waals surface area contributed by atoms with Crippen LogP contribution in [0.1, 0.15) is 23.1 Å². The molecule has 3 aromatic carbocycles. The summed E-state index contributed by atoms with van der Waals surface area (Å²) < 4.78 is 30.5. The van der Waals surface area contributed by atoms with Gasteiger partial charge in [0.15, 0.2) is 6.29 Å². The van der Waals surface area contributed by atoms with Gasteiger partial charge >= 0.3 is 0 Å². The van der Waals surface area contributed by atoms with E-state index in [1.807, 2.05) is 54.6 Å². The van der Waals surface area contributed by atoms with Crippen LogP contribution in [0.3, 0.4) is 0 Å². The van der Waals surface area contributed by atoms with Crippen molar-refractivity contribution >= 4 is 0 Å². The Morgan fingerprint density at radius 2 is 1.21 bits per heavy atom. The Morgan fingerprint density at radius 3 is 1.76 bits per heavy atom. The molecule has 1 saturated heterocycles. The summed E-state index contributed by atoms with van der Waals surface area (Å²) in [5.74, 6) is 0. The summed E-state index contributed by atoms with van der Waals surface area (Å²) in [6.45, 7) is 1.89. The van der Waals surface area contributed by atoms with Crippen molar-refractivity contribution in [1.29, 1.82) is 0 Å². The van der Waals surface area contributed by atoms with Gasteiger partial charge in [-0.05, 0) is 16.7 Å². The summed E-state index contributed by atoms with van der Waals surface area (Å²) in [4.78, 5) is 0. The molecule has 1 aliphatic rings. The van der Waals surface area contributed by atoms with Gasteiger partial charge in [-0.1, -0.05) is 91.0 Å². The van der Waals surface area contributed by atoms with Crippen LogP contribution in [0.5, 0.6) is 0 Å². The van der Waals surface area contributed by atoms with E-state index in [-0.39, 0.29) is 24.6 Å². The zero-order chi connectivity index (χ0) is 22.7. The molecule has 4 atom stereocenters. The van der Waals surface area contributed by atoms with Crippen molar-refractivity contribution in [3.8, 4) is 0 Å². The summed E-state index contributed by atoms with van der Waals surface area (Å²) >= 11 is 0. The SMILES string of the molecule is COC1C[C@@H](OCc2ccccc2)[C@H](OCc2ccccc2)[C@@H](COCc2ccccc2)O1. The summed E-state index contributed by atoms with van der Waals surface area (Å²) in [6.07, 6.45) is -0.545. The number of rotatable bonds is 11. The van der Waals surface area contributed by atoms with Crippen molar-refractivity contribution < 1.29 is 23.7 Å². The molecule has 0 radical (unpaired) electrons. The highest BCUT2D eigenvalue weighted by molar-refractivity contribution is 5.15. The van der Waals surface area contributed by atoms with Gasteiger partial charge in [-0.3, -0.25) is 0 Å². The van der Waals surface area contributed by atoms with Crippen LogP contribution in [0, 0.1) is 0 Å². The largest absolute Gasteiger partial charge is 0.374 e. The third-order valence-corrected chi connectivity index (χ3v) is 5.73. The van der Waals surface area contributed by atoms with E-state index in [9.17, 15) is 0 Å². The molecule has 0 amide bonds. The normalized spacial score (nSPS) is 22.8. The van der Waals surface area contributed by atoms with Crippen LogP contribution in [-0.2, 0) is 43.5 Å². The second kappa shape index (κ2) is 12.6. The lowest BCUT2D eigenvalue weighted by atomic mass is 10.0. The van der Waals surface area contributed by atoms with Gasteiger partial charge in [0, 0.05) is 13.5 Å². The van der Waals surface area contributed by atoms with Crippen molar-refractivity contribution in [1.82, 2.24) is 0 Å². The zero-order valence-electron chi connectivity index (χ0n) is 19.0. The number of methoxy groups -OCH3 is 1. The average molecular weight is 449 g/mol. The lowest BCUT2D eigenvalue weighted by Crippen LogP contribution is -2.52. The first-order valence-electron chi connectivity index (χ1n) is 11.4. The van der Waals surface area contributed by atoms with Crippen LogP contribution < -0.4 is 0 Å². The highest BCUT2D eigenvalue weighted by Crippen LogP contribution is 2.28. The van der Waals surface area contributed by atoms with Crippen molar-refractivity contribution in [3.05, 3.63) is 108 Å². The minimum absolute atomic E-state index is 0.182. The molecule has 1 unspecified atom stereocenters. The van der Waals surface area contributed by atoms with E-state index >= 15 is 0 Å². The maximum Gasteiger partial charge on any atom is 0.160 e. The Balaban J connectivity index is 1.44. The number of benzene rings is 3. The van der Waals surface area contributed by atoms with Crippen LogP contribution in [0.2, 0.25) is 0 Å². The number of hydrogen-bond donors (Lipinski definition) is 0. The topological polar surface area (TPSA) is 46.2 Å². The van der Waals surface area contributed by atoms with Gasteiger partial charge in [-0.15, -0.1) is 0 Å². The standard InChI is InChI=1S/C28H32O5/c1-29-27-17-25(31-19-23-13-7-3-8-14-23)28(32-20-24-15-9-4-10-16-24)26(33-27)21-30-18-22-11-5-2-6-12-22/h2-16,25-28H,17-21H2,1H3/t25-,26-,27?,28+/m1/s1. The van der Waals surface area contributed by atoms with Gasteiger partial charge in [-0.2, -0.15) is 0 Å². The zero-order valence-corrected chi connectivity index (χ0v) is 19.0. The smallest absolute Gasteiger partial charge is 0.160 e. The summed E-state index contributed by atoms with van der Waals surface area (Å²) in [5, 5.41) is 0. The minimum atomic E-state index is -0.368. The van der Waals surface area contributed by atoms with E-state index in [0.717, 1.165) is 16.7 Å². The molecule has 174 valence electrons. The fraction of sp³-hybridized carbons (Fsp3) is 0.357. The molecule has 3 aromatic rings. The molecule has 0 bridgehead atoms. The Labute approximate surface area is 196 Å². The number of ether oxygens (including phenoxy) is 5. The molecule has 4 rings (SSSR count). The van der Waals surface area contributed by atoms with E-state index in [0.29, 0.717) is 32.8 Å². The van der Waals surface area contributed by atoms with Gasteiger partial charge in [0.1, 0.15) is 12.2 Å². The lowest BCUT2D eigenvalue weighted by molar-refractivity contribution is -0.272. The number of hydrogen-bond acceptors (Lipinski definition) is 5. The molecule has 5 nitrogen and oxygen atoms in total. The summed E-state index contributed by atoms with van der Waals surface area (Å²) in [5.41, 5.74) is 3.35. The molecular formula is C28H32O5. The van der Waals surface area contributed by atoms with Gasteiger partial charge in [-0.25, -0.2) is 0 Å². The molecule has 0 aromatic heterocycles. The fourth-order valence-electron chi connectivity index (χ4n) is 3.97. The molecule has 1 heterocycles. The van der Waals surface area contributed by atoms with E-state index < -0.39 is 0 Å². The van der Waals surface area contributed by atoms with Gasteiger partial charge in [0.05, 0.1) is 32.5 Å². The Hall–Kier alpha value is -2.54. The first kappa shape index (κ1) is 23.6. The molecule has 0 aliphatic carbocycles. The molecule has 0 saturated carbocycles. The Bertz CT molecular complexity index is 919. The van der Waals surface area contributed by atoms with E-state index in [1.165, 1.54) is 0 Å². The fourth-order valence-corrected chi connectivity index (χ4v) is 3.97. The molecule has 0 spiro atoms. The van der Waals surface area contributed by atoms with E-state index in [4.69, 9.17) is 23.7 Å². The minimum Gasteiger partial charge on any atom is -0.374 e. The highest BCUT2D eigenvalue weighted by Gasteiger charge is 2.40. The summed E-state index contributed by atoms with van der Waals surface area (Å²) in [6, 6.07) is 30.4. The van der Waals surface area contributed by atoms with Gasteiger partial charge < -0.3 is 23.7 Å². The molecule has 1 aliphatic heterocycles. The van der Waals surface area contributed by atoms with Crippen LogP contribution in [0.15, 0.2) is 91.0 Å². The maximum atomic E-state index is 6.39. The predicted octanol–water partition coefficient (Wildman–Crippen LogP) is 5.14. The predicted molar refractivity (Wildman–Crippen MR) is 126 cm³/mol. The Kier molecular flexibility index (Phi) is 9.04. The van der Waals surface area contributed by atoms with Crippen LogP contribution in [0.25, 0.3) is 0 Å².